The third-order valence-electron chi connectivity index (χ3n) is 4.81. The number of fused-ring (bicyclic) bond motifs is 4. The Kier molecular flexibility index (Phi) is 3.90. The molecule has 5 nitrogen and oxygen atoms in total. The van der Waals surface area contributed by atoms with Crippen LogP contribution in [0.3, 0.4) is 0 Å². The van der Waals surface area contributed by atoms with Gasteiger partial charge < -0.3 is 4.74 Å². The number of hydrogen-bond donors (Lipinski definition) is 1. The highest BCUT2D eigenvalue weighted by atomic mass is 32.1. The van der Waals surface area contributed by atoms with E-state index in [1.165, 1.54) is 23.3 Å². The SMILES string of the molecule is C1=C(/C=N\Nc2ncnc3sc4c(c23)CCCC4)COc2ccccc21. The number of nitrogens with one attached hydrogen (secondary N) is 1. The maximum Gasteiger partial charge on any atom is 0.158 e. The number of para-hydroxylation sites is 1. The van der Waals surface area contributed by atoms with Crippen LogP contribution in [0.2, 0.25) is 0 Å². The molecule has 6 heteroatoms. The van der Waals surface area contributed by atoms with Gasteiger partial charge in [0.15, 0.2) is 5.82 Å². The third kappa shape index (κ3) is 2.76. The molecule has 5 rings (SSSR count). The van der Waals surface area contributed by atoms with Crippen molar-refractivity contribution < 1.29 is 4.74 Å². The topological polar surface area (TPSA) is 59.4 Å². The first-order valence-corrected chi connectivity index (χ1v) is 9.67. The molecular weight excluding hydrogens is 344 g/mol. The van der Waals surface area contributed by atoms with Gasteiger partial charge in [0.25, 0.3) is 0 Å². The minimum absolute atomic E-state index is 0.523. The Hall–Kier alpha value is -2.73. The van der Waals surface area contributed by atoms with Gasteiger partial charge in [-0.2, -0.15) is 5.10 Å². The zero-order valence-electron chi connectivity index (χ0n) is 14.2. The molecule has 0 bridgehead atoms. The van der Waals surface area contributed by atoms with E-state index in [0.29, 0.717) is 6.61 Å². The monoisotopic (exact) mass is 362 g/mol. The van der Waals surface area contributed by atoms with Gasteiger partial charge in [-0.25, -0.2) is 9.97 Å². The summed E-state index contributed by atoms with van der Waals surface area (Å²) in [5.41, 5.74) is 6.63. The number of aromatic nitrogens is 2. The van der Waals surface area contributed by atoms with E-state index in [0.717, 1.165) is 45.8 Å². The number of nitrogens with zero attached hydrogens (tertiary/aromatic N) is 3. The van der Waals surface area contributed by atoms with E-state index in [1.54, 1.807) is 17.7 Å². The van der Waals surface area contributed by atoms with Crippen LogP contribution in [0.25, 0.3) is 16.3 Å². The number of rotatable bonds is 3. The smallest absolute Gasteiger partial charge is 0.158 e. The summed E-state index contributed by atoms with van der Waals surface area (Å²) in [6.45, 7) is 0.523. The summed E-state index contributed by atoms with van der Waals surface area (Å²) >= 11 is 1.79. The molecule has 26 heavy (non-hydrogen) atoms. The Morgan fingerprint density at radius 3 is 3.08 bits per heavy atom. The highest BCUT2D eigenvalue weighted by Gasteiger charge is 2.19. The molecule has 1 aliphatic carbocycles. The predicted molar refractivity (Wildman–Crippen MR) is 106 cm³/mol. The van der Waals surface area contributed by atoms with Gasteiger partial charge in [-0.3, -0.25) is 5.43 Å². The molecule has 2 aliphatic rings. The molecule has 0 saturated heterocycles. The fraction of sp³-hybridized carbons (Fsp3) is 0.250. The number of anilines is 1. The van der Waals surface area contributed by atoms with Crippen molar-refractivity contribution in [3.8, 4) is 5.75 Å². The summed E-state index contributed by atoms with van der Waals surface area (Å²) in [6.07, 6.45) is 10.3. The van der Waals surface area contributed by atoms with Crippen molar-refractivity contribution >= 4 is 39.7 Å². The summed E-state index contributed by atoms with van der Waals surface area (Å²) in [5.74, 6) is 1.71. The second kappa shape index (κ2) is 6.53. The van der Waals surface area contributed by atoms with Gasteiger partial charge in [-0.05, 0) is 43.4 Å². The van der Waals surface area contributed by atoms with E-state index in [9.17, 15) is 0 Å². The fourth-order valence-corrected chi connectivity index (χ4v) is 4.79. The molecule has 2 aromatic heterocycles. The van der Waals surface area contributed by atoms with E-state index < -0.39 is 0 Å². The third-order valence-corrected chi connectivity index (χ3v) is 6.01. The second-order valence-corrected chi connectivity index (χ2v) is 7.61. The van der Waals surface area contributed by atoms with Crippen LogP contribution in [-0.4, -0.2) is 22.8 Å². The van der Waals surface area contributed by atoms with Crippen LogP contribution >= 0.6 is 11.3 Å². The van der Waals surface area contributed by atoms with Crippen LogP contribution in [0.4, 0.5) is 5.82 Å². The summed E-state index contributed by atoms with van der Waals surface area (Å²) in [4.78, 5) is 11.4. The summed E-state index contributed by atoms with van der Waals surface area (Å²) < 4.78 is 5.76. The lowest BCUT2D eigenvalue weighted by atomic mass is 9.97. The molecule has 3 aromatic rings. The van der Waals surface area contributed by atoms with Crippen molar-refractivity contribution in [2.45, 2.75) is 25.7 Å². The molecule has 1 aliphatic heterocycles. The predicted octanol–water partition coefficient (Wildman–Crippen LogP) is 4.44. The summed E-state index contributed by atoms with van der Waals surface area (Å²) in [5, 5.41) is 5.55. The van der Waals surface area contributed by atoms with Gasteiger partial charge >= 0.3 is 0 Å². The minimum Gasteiger partial charge on any atom is -0.488 e. The quantitative estimate of drug-likeness (QED) is 0.553. The first-order chi connectivity index (χ1) is 12.9. The minimum atomic E-state index is 0.523. The van der Waals surface area contributed by atoms with Crippen LogP contribution in [-0.2, 0) is 12.8 Å². The zero-order valence-corrected chi connectivity index (χ0v) is 15.1. The van der Waals surface area contributed by atoms with E-state index >= 15 is 0 Å². The molecule has 0 amide bonds. The average molecular weight is 362 g/mol. The van der Waals surface area contributed by atoms with Gasteiger partial charge in [-0.15, -0.1) is 11.3 Å². The second-order valence-electron chi connectivity index (χ2n) is 6.53. The van der Waals surface area contributed by atoms with Crippen LogP contribution < -0.4 is 10.2 Å². The van der Waals surface area contributed by atoms with Gasteiger partial charge in [0.2, 0.25) is 0 Å². The Balaban J connectivity index is 1.41. The van der Waals surface area contributed by atoms with Gasteiger partial charge in [-0.1, -0.05) is 18.2 Å². The van der Waals surface area contributed by atoms with Crippen molar-refractivity contribution in [2.24, 2.45) is 5.10 Å². The highest BCUT2D eigenvalue weighted by Crippen LogP contribution is 2.38. The van der Waals surface area contributed by atoms with E-state index in [-0.39, 0.29) is 0 Å². The molecule has 0 fully saturated rings. The lowest BCUT2D eigenvalue weighted by Crippen LogP contribution is -2.08. The van der Waals surface area contributed by atoms with E-state index in [1.807, 2.05) is 30.5 Å². The number of hydrogen-bond acceptors (Lipinski definition) is 6. The number of aryl methyl sites for hydroxylation is 2. The largest absolute Gasteiger partial charge is 0.488 e. The molecule has 0 radical (unpaired) electrons. The lowest BCUT2D eigenvalue weighted by Gasteiger charge is -2.15. The first-order valence-electron chi connectivity index (χ1n) is 8.85. The normalized spacial score (nSPS) is 16.1. The Bertz CT molecular complexity index is 1040. The zero-order chi connectivity index (χ0) is 17.3. The van der Waals surface area contributed by atoms with Gasteiger partial charge in [0.1, 0.15) is 23.5 Å². The Morgan fingerprint density at radius 1 is 1.15 bits per heavy atom. The lowest BCUT2D eigenvalue weighted by molar-refractivity contribution is 0.353. The fourth-order valence-electron chi connectivity index (χ4n) is 3.56. The number of ether oxygens (including phenoxy) is 1. The molecule has 1 N–H and O–H groups in total. The van der Waals surface area contributed by atoms with Crippen LogP contribution in [0.1, 0.15) is 28.8 Å². The molecule has 0 spiro atoms. The summed E-state index contributed by atoms with van der Waals surface area (Å²) in [6, 6.07) is 8.01. The van der Waals surface area contributed by atoms with Crippen molar-refractivity contribution in [2.75, 3.05) is 12.0 Å². The van der Waals surface area contributed by atoms with Crippen molar-refractivity contribution in [3.05, 3.63) is 52.2 Å². The molecule has 130 valence electrons. The molecule has 3 heterocycles. The molecule has 0 saturated carbocycles. The first kappa shape index (κ1) is 15.5. The standard InChI is InChI=1S/C20H18N4OS/c1-3-7-16-14(5-1)9-13(11-25-16)10-23-24-19-18-15-6-2-4-8-17(15)26-20(18)22-12-21-19/h1,3,5,7,9-10,12H,2,4,6,8,11H2,(H,21,22,24)/b23-10-. The van der Waals surface area contributed by atoms with Crippen LogP contribution in [0.15, 0.2) is 41.3 Å². The van der Waals surface area contributed by atoms with Crippen molar-refractivity contribution in [1.82, 2.24) is 9.97 Å². The average Bonchev–Trinajstić information content (AvgIpc) is 3.07. The van der Waals surface area contributed by atoms with E-state index in [2.05, 4.69) is 26.6 Å². The number of hydrazone groups is 1. The number of thiophene rings is 1. The Labute approximate surface area is 155 Å². The van der Waals surface area contributed by atoms with Crippen molar-refractivity contribution in [3.63, 3.8) is 0 Å². The maximum absolute atomic E-state index is 5.76. The molecular formula is C20H18N4OS. The highest BCUT2D eigenvalue weighted by molar-refractivity contribution is 7.19. The van der Waals surface area contributed by atoms with Crippen molar-refractivity contribution in [1.29, 1.82) is 0 Å². The van der Waals surface area contributed by atoms with Gasteiger partial charge in [0.05, 0.1) is 11.6 Å². The maximum atomic E-state index is 5.76. The Morgan fingerprint density at radius 2 is 2.08 bits per heavy atom. The molecule has 0 atom stereocenters. The van der Waals surface area contributed by atoms with Crippen LogP contribution in [0.5, 0.6) is 5.75 Å². The van der Waals surface area contributed by atoms with Crippen LogP contribution in [0, 0.1) is 0 Å². The summed E-state index contributed by atoms with van der Waals surface area (Å²) in [7, 11) is 0. The van der Waals surface area contributed by atoms with E-state index in [4.69, 9.17) is 4.74 Å². The molecule has 0 unspecified atom stereocenters. The molecule has 1 aromatic carbocycles. The number of benzene rings is 1. The van der Waals surface area contributed by atoms with Gasteiger partial charge in [0, 0.05) is 16.0 Å².